The Morgan fingerprint density at radius 1 is 1.18 bits per heavy atom. The van der Waals surface area contributed by atoms with Gasteiger partial charge in [-0.05, 0) is 44.0 Å². The minimum absolute atomic E-state index is 0.0909. The molecule has 0 aromatic carbocycles. The van der Waals surface area contributed by atoms with E-state index in [4.69, 9.17) is 0 Å². The van der Waals surface area contributed by atoms with Crippen molar-refractivity contribution in [2.24, 2.45) is 5.41 Å². The molecule has 8 heteroatoms. The van der Waals surface area contributed by atoms with Crippen molar-refractivity contribution in [3.05, 3.63) is 78.4 Å². The summed E-state index contributed by atoms with van der Waals surface area (Å²) in [7, 11) is 0. The molecule has 170 valence electrons. The first-order valence-electron chi connectivity index (χ1n) is 11.4. The molecule has 5 rings (SSSR count). The van der Waals surface area contributed by atoms with Gasteiger partial charge in [0.25, 0.3) is 5.91 Å². The zero-order valence-electron chi connectivity index (χ0n) is 19.0. The lowest BCUT2D eigenvalue weighted by molar-refractivity contribution is -0.136. The minimum atomic E-state index is -0.670. The predicted octanol–water partition coefficient (Wildman–Crippen LogP) is 2.91. The maximum atomic E-state index is 13.9. The summed E-state index contributed by atoms with van der Waals surface area (Å²) in [5, 5.41) is 0. The molecule has 2 aliphatic heterocycles. The van der Waals surface area contributed by atoms with Crippen LogP contribution in [0.2, 0.25) is 0 Å². The standard InChI is InChI=1S/C25H28N6O2/c1-18(2)31-15-22(28-17-31)21-14-30(23(32)20-6-4-9-27-12-20)16-25(21)7-10-29(24(25)33)13-19-5-3-8-26-11-19/h3-6,8-9,11-12,15,17-18,21H,7,10,13-14,16H2,1-2H3/t21-,25+/m0/s1. The van der Waals surface area contributed by atoms with E-state index in [1.807, 2.05) is 34.5 Å². The van der Waals surface area contributed by atoms with Crippen molar-refractivity contribution in [2.45, 2.75) is 38.8 Å². The van der Waals surface area contributed by atoms with Gasteiger partial charge < -0.3 is 14.4 Å². The van der Waals surface area contributed by atoms with Crippen LogP contribution in [0.4, 0.5) is 0 Å². The van der Waals surface area contributed by atoms with Crippen LogP contribution in [0.15, 0.2) is 61.6 Å². The highest BCUT2D eigenvalue weighted by atomic mass is 16.2. The maximum Gasteiger partial charge on any atom is 0.255 e. The van der Waals surface area contributed by atoms with Crippen LogP contribution in [0.25, 0.3) is 0 Å². The summed E-state index contributed by atoms with van der Waals surface area (Å²) >= 11 is 0. The summed E-state index contributed by atoms with van der Waals surface area (Å²) in [6.07, 6.45) is 11.3. The Bertz CT molecular complexity index is 1150. The number of imidazole rings is 1. The van der Waals surface area contributed by atoms with E-state index in [0.29, 0.717) is 38.2 Å². The molecule has 3 aromatic heterocycles. The molecule has 2 fully saturated rings. The van der Waals surface area contributed by atoms with Crippen molar-refractivity contribution in [2.75, 3.05) is 19.6 Å². The fourth-order valence-electron chi connectivity index (χ4n) is 5.12. The molecule has 5 heterocycles. The summed E-state index contributed by atoms with van der Waals surface area (Å²) in [6.45, 7) is 6.24. The molecule has 0 aliphatic carbocycles. The summed E-state index contributed by atoms with van der Waals surface area (Å²) in [4.78, 5) is 43.8. The molecule has 8 nitrogen and oxygen atoms in total. The SMILES string of the molecule is CC(C)n1cnc([C@@H]2CN(C(=O)c3cccnc3)C[C@]23CCN(Cc2cccnc2)C3=O)c1. The highest BCUT2D eigenvalue weighted by molar-refractivity contribution is 5.96. The first-order chi connectivity index (χ1) is 16.0. The molecule has 2 aliphatic rings. The highest BCUT2D eigenvalue weighted by Crippen LogP contribution is 2.50. The van der Waals surface area contributed by atoms with Crippen molar-refractivity contribution in [1.29, 1.82) is 0 Å². The van der Waals surface area contributed by atoms with Crippen molar-refractivity contribution in [3.63, 3.8) is 0 Å². The number of amides is 2. The van der Waals surface area contributed by atoms with Crippen molar-refractivity contribution < 1.29 is 9.59 Å². The van der Waals surface area contributed by atoms with Crippen molar-refractivity contribution in [3.8, 4) is 0 Å². The fraction of sp³-hybridized carbons (Fsp3) is 0.400. The van der Waals surface area contributed by atoms with Crippen LogP contribution in [0, 0.1) is 5.41 Å². The number of carbonyl (C=O) groups is 2. The summed E-state index contributed by atoms with van der Waals surface area (Å²) < 4.78 is 2.06. The summed E-state index contributed by atoms with van der Waals surface area (Å²) in [5.41, 5.74) is 1.75. The predicted molar refractivity (Wildman–Crippen MR) is 122 cm³/mol. The minimum Gasteiger partial charge on any atom is -0.338 e. The Balaban J connectivity index is 1.47. The second-order valence-corrected chi connectivity index (χ2v) is 9.31. The van der Waals surface area contributed by atoms with Crippen molar-refractivity contribution >= 4 is 11.8 Å². The molecular weight excluding hydrogens is 416 g/mol. The van der Waals surface area contributed by atoms with Gasteiger partial charge in [-0.15, -0.1) is 0 Å². The third kappa shape index (κ3) is 3.79. The average molecular weight is 445 g/mol. The Kier molecular flexibility index (Phi) is 5.44. The van der Waals surface area contributed by atoms with E-state index in [2.05, 4.69) is 33.4 Å². The molecule has 2 atom stereocenters. The Hall–Kier alpha value is -3.55. The largest absolute Gasteiger partial charge is 0.338 e. The van der Waals surface area contributed by atoms with Gasteiger partial charge in [-0.2, -0.15) is 0 Å². The maximum absolute atomic E-state index is 13.9. The van der Waals surface area contributed by atoms with Crippen LogP contribution < -0.4 is 0 Å². The van der Waals surface area contributed by atoms with Gasteiger partial charge in [0.05, 0.1) is 23.0 Å². The summed E-state index contributed by atoms with van der Waals surface area (Å²) in [5.74, 6) is -0.145. The number of hydrogen-bond acceptors (Lipinski definition) is 5. The van der Waals surface area contributed by atoms with E-state index in [-0.39, 0.29) is 23.8 Å². The molecule has 33 heavy (non-hydrogen) atoms. The number of pyridine rings is 2. The molecule has 0 unspecified atom stereocenters. The van der Waals surface area contributed by atoms with Gasteiger partial charge in [0.15, 0.2) is 0 Å². The van der Waals surface area contributed by atoms with Crippen LogP contribution in [-0.2, 0) is 11.3 Å². The zero-order valence-corrected chi connectivity index (χ0v) is 19.0. The molecule has 2 amide bonds. The van der Waals surface area contributed by atoms with E-state index in [1.54, 1.807) is 36.9 Å². The number of aromatic nitrogens is 4. The molecule has 2 saturated heterocycles. The van der Waals surface area contributed by atoms with Crippen LogP contribution >= 0.6 is 0 Å². The molecule has 0 radical (unpaired) electrons. The van der Waals surface area contributed by atoms with Gasteiger partial charge >= 0.3 is 0 Å². The van der Waals surface area contributed by atoms with Gasteiger partial charge in [0.1, 0.15) is 0 Å². The van der Waals surface area contributed by atoms with Crippen LogP contribution in [0.3, 0.4) is 0 Å². The second kappa shape index (κ2) is 8.42. The Morgan fingerprint density at radius 2 is 1.97 bits per heavy atom. The molecule has 1 spiro atoms. The van der Waals surface area contributed by atoms with E-state index in [1.165, 1.54) is 0 Å². The third-order valence-electron chi connectivity index (χ3n) is 6.95. The number of rotatable bonds is 5. The number of hydrogen-bond donors (Lipinski definition) is 0. The lowest BCUT2D eigenvalue weighted by Gasteiger charge is -2.27. The monoisotopic (exact) mass is 444 g/mol. The average Bonchev–Trinajstić information content (AvgIpc) is 3.55. The Morgan fingerprint density at radius 3 is 2.64 bits per heavy atom. The smallest absolute Gasteiger partial charge is 0.255 e. The van der Waals surface area contributed by atoms with Crippen LogP contribution in [0.1, 0.15) is 53.8 Å². The van der Waals surface area contributed by atoms with Gasteiger partial charge in [-0.25, -0.2) is 4.98 Å². The molecular formula is C25H28N6O2. The van der Waals surface area contributed by atoms with E-state index in [9.17, 15) is 9.59 Å². The van der Waals surface area contributed by atoms with Crippen LogP contribution in [0.5, 0.6) is 0 Å². The van der Waals surface area contributed by atoms with E-state index < -0.39 is 5.41 Å². The zero-order chi connectivity index (χ0) is 23.0. The molecule has 0 N–H and O–H groups in total. The lowest BCUT2D eigenvalue weighted by atomic mass is 9.75. The number of likely N-dealkylation sites (tertiary alicyclic amines) is 2. The second-order valence-electron chi connectivity index (χ2n) is 9.31. The van der Waals surface area contributed by atoms with Gasteiger partial charge in [0, 0.05) is 69.1 Å². The summed E-state index contributed by atoms with van der Waals surface area (Å²) in [6, 6.07) is 7.68. The Labute approximate surface area is 193 Å². The van der Waals surface area contributed by atoms with Crippen LogP contribution in [-0.4, -0.2) is 60.8 Å². The molecule has 3 aromatic rings. The van der Waals surface area contributed by atoms with Crippen molar-refractivity contribution in [1.82, 2.24) is 29.3 Å². The molecule has 0 saturated carbocycles. The number of nitrogens with zero attached hydrogens (tertiary/aromatic N) is 6. The quantitative estimate of drug-likeness (QED) is 0.604. The highest BCUT2D eigenvalue weighted by Gasteiger charge is 2.58. The lowest BCUT2D eigenvalue weighted by Crippen LogP contribution is -2.40. The van der Waals surface area contributed by atoms with E-state index in [0.717, 1.165) is 11.3 Å². The number of carbonyl (C=O) groups excluding carboxylic acids is 2. The normalized spacial score (nSPS) is 22.6. The van der Waals surface area contributed by atoms with E-state index >= 15 is 0 Å². The van der Waals surface area contributed by atoms with Gasteiger partial charge in [0.2, 0.25) is 5.91 Å². The molecule has 0 bridgehead atoms. The van der Waals surface area contributed by atoms with Gasteiger partial charge in [-0.1, -0.05) is 6.07 Å². The first-order valence-corrected chi connectivity index (χ1v) is 11.4. The van der Waals surface area contributed by atoms with Gasteiger partial charge in [-0.3, -0.25) is 19.6 Å². The topological polar surface area (TPSA) is 84.2 Å². The third-order valence-corrected chi connectivity index (χ3v) is 6.95. The fourth-order valence-corrected chi connectivity index (χ4v) is 5.12. The first kappa shape index (κ1) is 21.3.